The number of aromatic amines is 1. The number of nitrogen functional groups attached to an aromatic ring is 1. The minimum absolute atomic E-state index is 0. The minimum atomic E-state index is -1.59. The van der Waals surface area contributed by atoms with Crippen molar-refractivity contribution in [1.82, 2.24) is 25.3 Å². The maximum atomic E-state index is 12.2. The smallest absolute Gasteiger partial charge is 0.550 e. The SMILES string of the molecule is Nc1nc2ncc(CNc3ccc(C(=O)NC(CCC(=O)[O-])C(=O)[O-])cc3)nc2c(=O)[nH]1.[K+].[Na+]. The van der Waals surface area contributed by atoms with Crippen LogP contribution in [0, 0.1) is 0 Å². The molecule has 1 unspecified atom stereocenters. The minimum Gasteiger partial charge on any atom is -0.550 e. The molecule has 15 heteroatoms. The zero-order valence-corrected chi connectivity index (χ0v) is 23.6. The Bertz CT molecular complexity index is 1240. The van der Waals surface area contributed by atoms with Crippen LogP contribution in [0.15, 0.2) is 35.3 Å². The number of rotatable bonds is 9. The summed E-state index contributed by atoms with van der Waals surface area (Å²) in [6.45, 7) is 0.217. The summed E-state index contributed by atoms with van der Waals surface area (Å²) in [6, 6.07) is 4.59. The fraction of sp³-hybridized carbons (Fsp3) is 0.211. The monoisotopic (exact) mass is 501 g/mol. The van der Waals surface area contributed by atoms with Crippen molar-refractivity contribution in [1.29, 1.82) is 0 Å². The Hall–Kier alpha value is -1.91. The summed E-state index contributed by atoms with van der Waals surface area (Å²) in [5.74, 6) is -3.78. The molecule has 2 heterocycles. The second-order valence-electron chi connectivity index (χ2n) is 6.67. The molecule has 1 aromatic carbocycles. The van der Waals surface area contributed by atoms with E-state index in [9.17, 15) is 29.4 Å². The van der Waals surface area contributed by atoms with Crippen molar-refractivity contribution < 1.29 is 106 Å². The van der Waals surface area contributed by atoms with Crippen LogP contribution in [0.25, 0.3) is 11.2 Å². The van der Waals surface area contributed by atoms with E-state index in [0.717, 1.165) is 0 Å². The van der Waals surface area contributed by atoms with Gasteiger partial charge in [0.25, 0.3) is 11.5 Å². The number of anilines is 2. The molecule has 1 atom stereocenters. The van der Waals surface area contributed by atoms with Crippen molar-refractivity contribution in [2.75, 3.05) is 11.1 Å². The first-order chi connectivity index (χ1) is 15.2. The first-order valence-electron chi connectivity index (χ1n) is 9.30. The zero-order valence-electron chi connectivity index (χ0n) is 18.5. The number of carboxylic acids is 2. The van der Waals surface area contributed by atoms with Crippen molar-refractivity contribution in [2.45, 2.75) is 25.4 Å². The molecule has 0 aliphatic heterocycles. The van der Waals surface area contributed by atoms with Crippen molar-refractivity contribution in [3.8, 4) is 0 Å². The van der Waals surface area contributed by atoms with E-state index >= 15 is 0 Å². The van der Waals surface area contributed by atoms with Crippen LogP contribution in [0.3, 0.4) is 0 Å². The van der Waals surface area contributed by atoms with Gasteiger partial charge in [0.05, 0.1) is 30.4 Å². The molecular weight excluding hydrogens is 484 g/mol. The number of amides is 1. The van der Waals surface area contributed by atoms with Gasteiger partial charge in [-0.25, -0.2) is 9.97 Å². The molecule has 5 N–H and O–H groups in total. The molecule has 1 amide bonds. The van der Waals surface area contributed by atoms with Gasteiger partial charge in [0.15, 0.2) is 11.2 Å². The molecule has 34 heavy (non-hydrogen) atoms. The maximum Gasteiger partial charge on any atom is 1.00 e. The standard InChI is InChI=1S/C19H19N7O6.K.Na/c20-19-25-15-14(17(30)26-19)23-11(8-22-15)7-21-10-3-1-9(2-4-10)16(29)24-12(18(31)32)5-6-13(27)28;;/h1-4,8,12,21H,5-7H2,(H,24,29)(H,27,28)(H,31,32)(H3,20,22,25,26,30);;/q;2*+1/p-2. The Kier molecular flexibility index (Phi) is 12.3. The van der Waals surface area contributed by atoms with Crippen LogP contribution in [0.4, 0.5) is 11.6 Å². The Morgan fingerprint density at radius 3 is 2.41 bits per heavy atom. The molecule has 0 spiro atoms. The van der Waals surface area contributed by atoms with E-state index in [4.69, 9.17) is 5.73 Å². The van der Waals surface area contributed by atoms with E-state index in [0.29, 0.717) is 11.4 Å². The Morgan fingerprint density at radius 2 is 1.79 bits per heavy atom. The van der Waals surface area contributed by atoms with Gasteiger partial charge < -0.3 is 36.2 Å². The number of hydrogen-bond donors (Lipinski definition) is 4. The van der Waals surface area contributed by atoms with Crippen LogP contribution < -0.4 is 113 Å². The van der Waals surface area contributed by atoms with Crippen LogP contribution in [0.2, 0.25) is 0 Å². The van der Waals surface area contributed by atoms with Gasteiger partial charge in [0, 0.05) is 17.2 Å². The van der Waals surface area contributed by atoms with Crippen LogP contribution in [-0.4, -0.2) is 43.8 Å². The number of carbonyl (C=O) groups excluding carboxylic acids is 3. The van der Waals surface area contributed by atoms with Gasteiger partial charge in [-0.2, -0.15) is 4.98 Å². The Morgan fingerprint density at radius 1 is 1.12 bits per heavy atom. The number of carbonyl (C=O) groups is 3. The van der Waals surface area contributed by atoms with E-state index in [1.54, 1.807) is 12.1 Å². The predicted molar refractivity (Wildman–Crippen MR) is 107 cm³/mol. The number of fused-ring (bicyclic) bond motifs is 1. The van der Waals surface area contributed by atoms with Crippen LogP contribution in [-0.2, 0) is 16.1 Å². The third-order valence-corrected chi connectivity index (χ3v) is 4.33. The van der Waals surface area contributed by atoms with Gasteiger partial charge in [0.1, 0.15) is 0 Å². The van der Waals surface area contributed by atoms with E-state index in [1.807, 2.05) is 0 Å². The maximum absolute atomic E-state index is 12.2. The quantitative estimate of drug-likeness (QED) is 0.202. The summed E-state index contributed by atoms with van der Waals surface area (Å²) in [4.78, 5) is 60.2. The molecule has 3 aromatic rings. The fourth-order valence-electron chi connectivity index (χ4n) is 2.74. The molecule has 13 nitrogen and oxygen atoms in total. The molecule has 0 aliphatic carbocycles. The number of aromatic nitrogens is 4. The predicted octanol–water partition coefficient (Wildman–Crippen LogP) is -8.71. The van der Waals surface area contributed by atoms with Gasteiger partial charge in [-0.05, 0) is 37.1 Å². The first kappa shape index (κ1) is 30.1. The number of nitrogens with zero attached hydrogens (tertiary/aromatic N) is 3. The summed E-state index contributed by atoms with van der Waals surface area (Å²) in [7, 11) is 0. The van der Waals surface area contributed by atoms with E-state index in [-0.39, 0.29) is 117 Å². The number of H-pyrrole nitrogens is 1. The Labute approximate surface area is 257 Å². The number of carboxylic acid groups (broad SMARTS) is 2. The third kappa shape index (κ3) is 8.39. The normalized spacial score (nSPS) is 10.9. The molecule has 0 fully saturated rings. The zero-order chi connectivity index (χ0) is 23.3. The van der Waals surface area contributed by atoms with E-state index < -0.39 is 35.9 Å². The third-order valence-electron chi connectivity index (χ3n) is 4.33. The van der Waals surface area contributed by atoms with Gasteiger partial charge in [0.2, 0.25) is 5.95 Å². The van der Waals surface area contributed by atoms with Crippen molar-refractivity contribution >= 4 is 40.6 Å². The van der Waals surface area contributed by atoms with Gasteiger partial charge in [-0.3, -0.25) is 14.6 Å². The topological polar surface area (TPSA) is 219 Å². The summed E-state index contributed by atoms with van der Waals surface area (Å²) in [5, 5.41) is 26.8. The molecule has 0 radical (unpaired) electrons. The molecule has 3 rings (SSSR count). The molecule has 0 bridgehead atoms. The molecule has 0 saturated carbocycles. The average molecular weight is 501 g/mol. The van der Waals surface area contributed by atoms with E-state index in [1.165, 1.54) is 18.3 Å². The molecule has 166 valence electrons. The van der Waals surface area contributed by atoms with Crippen molar-refractivity contribution in [2.24, 2.45) is 0 Å². The van der Waals surface area contributed by atoms with Gasteiger partial charge >= 0.3 is 80.9 Å². The van der Waals surface area contributed by atoms with E-state index in [2.05, 4.69) is 30.6 Å². The number of aliphatic carboxylic acids is 2. The average Bonchev–Trinajstić information content (AvgIpc) is 2.75. The summed E-state index contributed by atoms with van der Waals surface area (Å²) >= 11 is 0. The second kappa shape index (κ2) is 13.8. The van der Waals surface area contributed by atoms with Gasteiger partial charge in [-0.1, -0.05) is 0 Å². The Balaban J connectivity index is 0.00000289. The largest absolute Gasteiger partial charge is 1.00 e. The number of hydrogen-bond acceptors (Lipinski definition) is 11. The van der Waals surface area contributed by atoms with Crippen LogP contribution in [0.5, 0.6) is 0 Å². The summed E-state index contributed by atoms with van der Waals surface area (Å²) in [5.41, 5.74) is 6.37. The summed E-state index contributed by atoms with van der Waals surface area (Å²) < 4.78 is 0. The van der Waals surface area contributed by atoms with Crippen molar-refractivity contribution in [3.05, 3.63) is 52.1 Å². The van der Waals surface area contributed by atoms with Crippen LogP contribution >= 0.6 is 0 Å². The molecule has 0 saturated heterocycles. The van der Waals surface area contributed by atoms with Crippen molar-refractivity contribution in [3.63, 3.8) is 0 Å². The molecule has 2 aromatic heterocycles. The molecular formula is C19H17KN7NaO6. The second-order valence-corrected chi connectivity index (χ2v) is 6.67. The van der Waals surface area contributed by atoms with Gasteiger partial charge in [-0.15, -0.1) is 0 Å². The number of benzene rings is 1. The number of nitrogens with two attached hydrogens (primary N) is 1. The fourth-order valence-corrected chi connectivity index (χ4v) is 2.74. The summed E-state index contributed by atoms with van der Waals surface area (Å²) in [6.07, 6.45) is 0.554. The van der Waals surface area contributed by atoms with Crippen LogP contribution in [0.1, 0.15) is 28.9 Å². The molecule has 0 aliphatic rings. The first-order valence-corrected chi connectivity index (χ1v) is 9.30. The number of nitrogens with one attached hydrogen (secondary N) is 3.